The molecule has 0 saturated heterocycles. The molecular weight excluding hydrogens is 524 g/mol. The largest absolute Gasteiger partial charge is 0.483 e. The third-order valence-corrected chi connectivity index (χ3v) is 5.48. The van der Waals surface area contributed by atoms with E-state index >= 15 is 0 Å². The highest BCUT2D eigenvalue weighted by atomic mass is 79.9. The van der Waals surface area contributed by atoms with Crippen molar-refractivity contribution in [2.75, 3.05) is 6.61 Å². The number of nitro groups is 1. The maximum atomic E-state index is 12.2. The first-order valence-electron chi connectivity index (χ1n) is 8.90. The summed E-state index contributed by atoms with van der Waals surface area (Å²) in [4.78, 5) is 34.5. The van der Waals surface area contributed by atoms with E-state index in [1.807, 2.05) is 30.3 Å². The van der Waals surface area contributed by atoms with E-state index < -0.39 is 22.4 Å². The molecule has 3 rings (SSSR count). The van der Waals surface area contributed by atoms with Gasteiger partial charge in [-0.15, -0.1) is 0 Å². The molecule has 0 aromatic heterocycles. The second-order valence-electron chi connectivity index (χ2n) is 6.27. The monoisotopic (exact) mass is 536 g/mol. The summed E-state index contributed by atoms with van der Waals surface area (Å²) in [6.45, 7) is -0.316. The smallest absolute Gasteiger partial charge is 0.288 e. The Morgan fingerprint density at radius 1 is 1.12 bits per heavy atom. The van der Waals surface area contributed by atoms with Gasteiger partial charge in [0, 0.05) is 11.6 Å². The van der Waals surface area contributed by atoms with Crippen LogP contribution < -0.4 is 20.9 Å². The van der Waals surface area contributed by atoms with Gasteiger partial charge in [0.1, 0.15) is 10.8 Å². The average Bonchev–Trinajstić information content (AvgIpc) is 2.77. The molecule has 0 saturated carbocycles. The van der Waals surface area contributed by atoms with E-state index in [0.717, 1.165) is 21.3 Å². The number of ether oxygens (including phenoxy) is 1. The zero-order chi connectivity index (χ0) is 23.3. The van der Waals surface area contributed by atoms with Crippen molar-refractivity contribution in [1.82, 2.24) is 16.2 Å². The minimum atomic E-state index is -0.715. The molecule has 0 radical (unpaired) electrons. The molecule has 12 heteroatoms. The molecule has 0 heterocycles. The number of thiocarbonyl (C=S) groups is 1. The first-order valence-corrected chi connectivity index (χ1v) is 10.5. The lowest BCUT2D eigenvalue weighted by molar-refractivity contribution is -0.384. The normalized spacial score (nSPS) is 10.3. The lowest BCUT2D eigenvalue weighted by Gasteiger charge is -2.13. The van der Waals surface area contributed by atoms with Crippen LogP contribution in [0.2, 0.25) is 5.02 Å². The second kappa shape index (κ2) is 10.4. The number of nitrogens with one attached hydrogen (secondary N) is 3. The van der Waals surface area contributed by atoms with Crippen LogP contribution in [0.3, 0.4) is 0 Å². The summed E-state index contributed by atoms with van der Waals surface area (Å²) in [7, 11) is 0. The lowest BCUT2D eigenvalue weighted by atomic mass is 10.1. The topological polar surface area (TPSA) is 123 Å². The molecule has 0 aliphatic rings. The number of nitro benzene ring substituents is 1. The van der Waals surface area contributed by atoms with Crippen molar-refractivity contribution in [2.45, 2.75) is 0 Å². The molecular formula is C20H14BrClN4O5S. The van der Waals surface area contributed by atoms with Crippen molar-refractivity contribution in [1.29, 1.82) is 0 Å². The molecule has 0 aliphatic carbocycles. The summed E-state index contributed by atoms with van der Waals surface area (Å²) in [5, 5.41) is 14.9. The highest BCUT2D eigenvalue weighted by molar-refractivity contribution is 9.10. The third-order valence-electron chi connectivity index (χ3n) is 4.13. The number of amides is 2. The van der Waals surface area contributed by atoms with E-state index in [9.17, 15) is 19.7 Å². The highest BCUT2D eigenvalue weighted by Gasteiger charge is 2.17. The number of carbonyl (C=O) groups excluding carboxylic acids is 2. The predicted molar refractivity (Wildman–Crippen MR) is 127 cm³/mol. The van der Waals surface area contributed by atoms with Crippen LogP contribution in [0.15, 0.2) is 59.1 Å². The summed E-state index contributed by atoms with van der Waals surface area (Å²) < 4.78 is 6.25. The van der Waals surface area contributed by atoms with Gasteiger partial charge in [-0.05, 0) is 57.1 Å². The number of hydrogen-bond acceptors (Lipinski definition) is 6. The van der Waals surface area contributed by atoms with Gasteiger partial charge in [0.05, 0.1) is 9.40 Å². The number of hydrogen-bond donors (Lipinski definition) is 3. The second-order valence-corrected chi connectivity index (χ2v) is 7.88. The Morgan fingerprint density at radius 3 is 2.62 bits per heavy atom. The fourth-order valence-corrected chi connectivity index (χ4v) is 3.57. The molecule has 0 atom stereocenters. The Bertz CT molecular complexity index is 1240. The minimum Gasteiger partial charge on any atom is -0.483 e. The van der Waals surface area contributed by atoms with Crippen LogP contribution in [0.25, 0.3) is 10.8 Å². The van der Waals surface area contributed by atoms with E-state index in [4.69, 9.17) is 28.6 Å². The van der Waals surface area contributed by atoms with Crippen molar-refractivity contribution in [3.63, 3.8) is 0 Å². The standard InChI is InChI=1S/C20H14BrClN4O5S/c21-18-13-4-2-1-3-11(13)6-8-16(18)31-10-17(27)24-25-20(32)23-19(28)12-5-7-14(22)15(9-12)26(29)30/h1-9H,10H2,(H,24,27)(H2,23,25,28,32). The number of fused-ring (bicyclic) bond motifs is 1. The zero-order valence-electron chi connectivity index (χ0n) is 16.1. The van der Waals surface area contributed by atoms with Crippen LogP contribution in [0.1, 0.15) is 10.4 Å². The third kappa shape index (κ3) is 5.69. The molecule has 9 nitrogen and oxygen atoms in total. The van der Waals surface area contributed by atoms with Crippen LogP contribution in [0, 0.1) is 10.1 Å². The molecule has 3 aromatic carbocycles. The summed E-state index contributed by atoms with van der Waals surface area (Å²) in [5.74, 6) is -0.782. The van der Waals surface area contributed by atoms with Gasteiger partial charge in [-0.2, -0.15) is 0 Å². The minimum absolute atomic E-state index is 0.0268. The van der Waals surface area contributed by atoms with Gasteiger partial charge < -0.3 is 4.74 Å². The lowest BCUT2D eigenvalue weighted by Crippen LogP contribution is -2.49. The van der Waals surface area contributed by atoms with Gasteiger partial charge in [-0.3, -0.25) is 35.9 Å². The van der Waals surface area contributed by atoms with Crippen LogP contribution in [0.5, 0.6) is 5.75 Å². The average molecular weight is 538 g/mol. The molecule has 3 N–H and O–H groups in total. The number of rotatable bonds is 5. The number of benzene rings is 3. The van der Waals surface area contributed by atoms with E-state index in [-0.39, 0.29) is 22.3 Å². The Hall–Kier alpha value is -3.28. The Labute approximate surface area is 200 Å². The SMILES string of the molecule is O=C(COc1ccc2ccccc2c1Br)NNC(=S)NC(=O)c1ccc(Cl)c([N+](=O)[O-])c1. The molecule has 0 aliphatic heterocycles. The highest BCUT2D eigenvalue weighted by Crippen LogP contribution is 2.33. The van der Waals surface area contributed by atoms with Crippen LogP contribution >= 0.6 is 39.7 Å². The molecule has 164 valence electrons. The summed E-state index contributed by atoms with van der Waals surface area (Å²) in [5.41, 5.74) is 4.21. The van der Waals surface area contributed by atoms with E-state index in [0.29, 0.717) is 5.75 Å². The van der Waals surface area contributed by atoms with Crippen molar-refractivity contribution in [3.8, 4) is 5.75 Å². The summed E-state index contributed by atoms with van der Waals surface area (Å²) >= 11 is 14.1. The van der Waals surface area contributed by atoms with Gasteiger partial charge >= 0.3 is 0 Å². The molecule has 0 bridgehead atoms. The fraction of sp³-hybridized carbons (Fsp3) is 0.0500. The number of carbonyl (C=O) groups is 2. The molecule has 32 heavy (non-hydrogen) atoms. The number of nitrogens with zero attached hydrogens (tertiary/aromatic N) is 1. The first-order chi connectivity index (χ1) is 15.3. The van der Waals surface area contributed by atoms with Crippen molar-refractivity contribution in [2.24, 2.45) is 0 Å². The summed E-state index contributed by atoms with van der Waals surface area (Å²) in [6.07, 6.45) is 0. The molecule has 0 fully saturated rings. The number of halogens is 2. The summed E-state index contributed by atoms with van der Waals surface area (Å²) in [6, 6.07) is 14.9. The first kappa shape index (κ1) is 23.4. The van der Waals surface area contributed by atoms with E-state index in [1.54, 1.807) is 6.07 Å². The van der Waals surface area contributed by atoms with Gasteiger partial charge in [-0.25, -0.2) is 0 Å². The number of hydrazine groups is 1. The van der Waals surface area contributed by atoms with Gasteiger partial charge in [0.25, 0.3) is 17.5 Å². The van der Waals surface area contributed by atoms with E-state index in [2.05, 4.69) is 32.1 Å². The quantitative estimate of drug-likeness (QED) is 0.256. The Morgan fingerprint density at radius 2 is 1.88 bits per heavy atom. The van der Waals surface area contributed by atoms with Crippen LogP contribution in [-0.2, 0) is 4.79 Å². The maximum absolute atomic E-state index is 12.2. The Kier molecular flexibility index (Phi) is 7.57. The zero-order valence-corrected chi connectivity index (χ0v) is 19.2. The van der Waals surface area contributed by atoms with Gasteiger partial charge in [0.15, 0.2) is 11.7 Å². The van der Waals surface area contributed by atoms with Crippen molar-refractivity contribution < 1.29 is 19.2 Å². The molecule has 0 unspecified atom stereocenters. The molecule has 0 spiro atoms. The van der Waals surface area contributed by atoms with Crippen molar-refractivity contribution >= 4 is 73.1 Å². The van der Waals surface area contributed by atoms with E-state index in [1.165, 1.54) is 12.1 Å². The van der Waals surface area contributed by atoms with Crippen molar-refractivity contribution in [3.05, 3.63) is 79.8 Å². The molecule has 3 aromatic rings. The fourth-order valence-electron chi connectivity index (χ4n) is 2.63. The molecule has 2 amide bonds. The van der Waals surface area contributed by atoms with Gasteiger partial charge in [-0.1, -0.05) is 41.9 Å². The predicted octanol–water partition coefficient (Wildman–Crippen LogP) is 3.88. The van der Waals surface area contributed by atoms with Crippen LogP contribution in [-0.4, -0.2) is 28.5 Å². The van der Waals surface area contributed by atoms with Gasteiger partial charge in [0.2, 0.25) is 0 Å². The maximum Gasteiger partial charge on any atom is 0.288 e. The van der Waals surface area contributed by atoms with Crippen LogP contribution in [0.4, 0.5) is 5.69 Å². The Balaban J connectivity index is 1.50.